The van der Waals surface area contributed by atoms with Crippen molar-refractivity contribution in [2.75, 3.05) is 19.3 Å². The van der Waals surface area contributed by atoms with Gasteiger partial charge >= 0.3 is 0 Å². The number of hydrogen-bond acceptors (Lipinski definition) is 2. The topological polar surface area (TPSA) is 29.3 Å². The van der Waals surface area contributed by atoms with Crippen molar-refractivity contribution in [3.8, 4) is 0 Å². The highest BCUT2D eigenvalue weighted by molar-refractivity contribution is 5.48. The molecule has 0 atom stereocenters. The number of benzene rings is 1. The summed E-state index contributed by atoms with van der Waals surface area (Å²) in [6.07, 6.45) is 0. The van der Waals surface area contributed by atoms with Crippen LogP contribution in [-0.4, -0.2) is 18.5 Å². The Morgan fingerprint density at radius 2 is 2.00 bits per heavy atom. The van der Waals surface area contributed by atoms with Crippen molar-refractivity contribution in [2.24, 2.45) is 5.92 Å². The molecule has 0 unspecified atom stereocenters. The van der Waals surface area contributed by atoms with Gasteiger partial charge in [0.05, 0.1) is 0 Å². The first kappa shape index (κ1) is 12.1. The van der Waals surface area contributed by atoms with Gasteiger partial charge in [0.25, 0.3) is 0 Å². The predicted molar refractivity (Wildman–Crippen MR) is 66.8 cm³/mol. The highest BCUT2D eigenvalue weighted by atomic mass is 15.1. The second-order valence-corrected chi connectivity index (χ2v) is 4.78. The molecular formula is C13H22N2. The molecule has 0 aliphatic heterocycles. The first-order chi connectivity index (χ1) is 6.99. The van der Waals surface area contributed by atoms with E-state index in [0.717, 1.165) is 24.3 Å². The summed E-state index contributed by atoms with van der Waals surface area (Å²) in [5, 5.41) is 0. The third-order valence-electron chi connectivity index (χ3n) is 2.47. The van der Waals surface area contributed by atoms with Crippen LogP contribution in [0.3, 0.4) is 0 Å². The molecule has 0 aliphatic carbocycles. The first-order valence-electron chi connectivity index (χ1n) is 5.52. The van der Waals surface area contributed by atoms with E-state index in [1.165, 1.54) is 5.56 Å². The summed E-state index contributed by atoms with van der Waals surface area (Å²) in [7, 11) is 2.15. The quantitative estimate of drug-likeness (QED) is 0.767. The third kappa shape index (κ3) is 3.92. The van der Waals surface area contributed by atoms with Gasteiger partial charge in [-0.3, -0.25) is 0 Å². The van der Waals surface area contributed by atoms with Crippen LogP contribution in [0, 0.1) is 12.8 Å². The fourth-order valence-corrected chi connectivity index (χ4v) is 1.79. The van der Waals surface area contributed by atoms with Crippen molar-refractivity contribution in [3.63, 3.8) is 0 Å². The molecule has 0 amide bonds. The van der Waals surface area contributed by atoms with Crippen LogP contribution in [0.4, 0.5) is 5.69 Å². The maximum Gasteiger partial charge on any atom is 0.0346 e. The number of anilines is 1. The summed E-state index contributed by atoms with van der Waals surface area (Å²) in [4.78, 5) is 2.33. The van der Waals surface area contributed by atoms with Crippen molar-refractivity contribution in [1.29, 1.82) is 0 Å². The van der Waals surface area contributed by atoms with Crippen LogP contribution in [0.1, 0.15) is 25.0 Å². The minimum Gasteiger partial charge on any atom is -0.399 e. The number of nitrogens with zero attached hydrogens (tertiary/aromatic N) is 1. The second-order valence-electron chi connectivity index (χ2n) is 4.78. The van der Waals surface area contributed by atoms with E-state index >= 15 is 0 Å². The summed E-state index contributed by atoms with van der Waals surface area (Å²) in [5.74, 6) is 0.706. The molecular weight excluding hydrogens is 184 g/mol. The molecule has 0 spiro atoms. The Morgan fingerprint density at radius 1 is 1.33 bits per heavy atom. The van der Waals surface area contributed by atoms with Crippen LogP contribution in [-0.2, 0) is 6.54 Å². The van der Waals surface area contributed by atoms with Gasteiger partial charge in [0.2, 0.25) is 0 Å². The molecule has 2 heteroatoms. The fraction of sp³-hybridized carbons (Fsp3) is 0.538. The van der Waals surface area contributed by atoms with E-state index in [-0.39, 0.29) is 0 Å². The fourth-order valence-electron chi connectivity index (χ4n) is 1.79. The molecule has 0 aromatic heterocycles. The first-order valence-corrected chi connectivity index (χ1v) is 5.52. The Kier molecular flexibility index (Phi) is 4.15. The molecule has 0 aliphatic rings. The van der Waals surface area contributed by atoms with E-state index in [0.29, 0.717) is 5.92 Å². The van der Waals surface area contributed by atoms with Crippen LogP contribution in [0.2, 0.25) is 0 Å². The van der Waals surface area contributed by atoms with Gasteiger partial charge < -0.3 is 10.6 Å². The average molecular weight is 206 g/mol. The van der Waals surface area contributed by atoms with Crippen molar-refractivity contribution in [2.45, 2.75) is 27.3 Å². The van der Waals surface area contributed by atoms with E-state index in [9.17, 15) is 0 Å². The van der Waals surface area contributed by atoms with Gasteiger partial charge in [-0.05, 0) is 37.1 Å². The number of nitrogens with two attached hydrogens (primary N) is 1. The average Bonchev–Trinajstić information content (AvgIpc) is 2.10. The summed E-state index contributed by atoms with van der Waals surface area (Å²) >= 11 is 0. The summed E-state index contributed by atoms with van der Waals surface area (Å²) in [6, 6.07) is 6.32. The normalized spacial score (nSPS) is 11.3. The van der Waals surface area contributed by atoms with Crippen LogP contribution in [0.5, 0.6) is 0 Å². The van der Waals surface area contributed by atoms with Gasteiger partial charge in [-0.25, -0.2) is 0 Å². The molecule has 0 fully saturated rings. The molecule has 1 aromatic rings. The minimum absolute atomic E-state index is 0.706. The largest absolute Gasteiger partial charge is 0.399 e. The maximum absolute atomic E-state index is 5.88. The van der Waals surface area contributed by atoms with Gasteiger partial charge in [0.1, 0.15) is 0 Å². The van der Waals surface area contributed by atoms with E-state index in [4.69, 9.17) is 5.73 Å². The highest BCUT2D eigenvalue weighted by Gasteiger charge is 2.03. The van der Waals surface area contributed by atoms with Gasteiger partial charge in [-0.15, -0.1) is 0 Å². The molecule has 2 nitrogen and oxygen atoms in total. The number of rotatable bonds is 4. The standard InChI is InChI=1S/C13H22N2/c1-10(2)8-15(4)9-12-6-5-11(3)13(14)7-12/h5-7,10H,8-9,14H2,1-4H3. The Morgan fingerprint density at radius 3 is 2.53 bits per heavy atom. The second kappa shape index (κ2) is 5.17. The maximum atomic E-state index is 5.88. The molecule has 84 valence electrons. The third-order valence-corrected chi connectivity index (χ3v) is 2.47. The smallest absolute Gasteiger partial charge is 0.0346 e. The van der Waals surface area contributed by atoms with Crippen LogP contribution in [0.25, 0.3) is 0 Å². The molecule has 2 N–H and O–H groups in total. The van der Waals surface area contributed by atoms with Crippen LogP contribution >= 0.6 is 0 Å². The minimum atomic E-state index is 0.706. The van der Waals surface area contributed by atoms with Crippen molar-refractivity contribution in [3.05, 3.63) is 29.3 Å². The molecule has 0 heterocycles. The van der Waals surface area contributed by atoms with Gasteiger partial charge in [-0.2, -0.15) is 0 Å². The predicted octanol–water partition coefficient (Wildman–Crippen LogP) is 2.67. The number of hydrogen-bond donors (Lipinski definition) is 1. The lowest BCUT2D eigenvalue weighted by Gasteiger charge is -2.19. The lowest BCUT2D eigenvalue weighted by atomic mass is 10.1. The zero-order valence-corrected chi connectivity index (χ0v) is 10.2. The molecule has 0 saturated heterocycles. The molecule has 0 radical (unpaired) electrons. The Labute approximate surface area is 93.1 Å². The summed E-state index contributed by atoms with van der Waals surface area (Å²) in [5.41, 5.74) is 9.22. The number of aryl methyl sites for hydroxylation is 1. The molecule has 0 bridgehead atoms. The lowest BCUT2D eigenvalue weighted by molar-refractivity contribution is 0.288. The van der Waals surface area contributed by atoms with E-state index < -0.39 is 0 Å². The number of nitrogen functional groups attached to an aromatic ring is 1. The monoisotopic (exact) mass is 206 g/mol. The van der Waals surface area contributed by atoms with Gasteiger partial charge in [0.15, 0.2) is 0 Å². The van der Waals surface area contributed by atoms with Gasteiger partial charge in [-0.1, -0.05) is 26.0 Å². The van der Waals surface area contributed by atoms with Crippen molar-refractivity contribution in [1.82, 2.24) is 4.90 Å². The van der Waals surface area contributed by atoms with Crippen LogP contribution < -0.4 is 5.73 Å². The Hall–Kier alpha value is -1.02. The Bertz CT molecular complexity index is 318. The molecule has 1 rings (SSSR count). The van der Waals surface area contributed by atoms with Crippen molar-refractivity contribution >= 4 is 5.69 Å². The van der Waals surface area contributed by atoms with E-state index in [2.05, 4.69) is 44.0 Å². The summed E-state index contributed by atoms with van der Waals surface area (Å²) in [6.45, 7) is 8.60. The lowest BCUT2D eigenvalue weighted by Crippen LogP contribution is -2.22. The zero-order chi connectivity index (χ0) is 11.4. The van der Waals surface area contributed by atoms with E-state index in [1.54, 1.807) is 0 Å². The van der Waals surface area contributed by atoms with Gasteiger partial charge in [0, 0.05) is 18.8 Å². The molecule has 1 aromatic carbocycles. The van der Waals surface area contributed by atoms with Crippen molar-refractivity contribution < 1.29 is 0 Å². The molecule has 15 heavy (non-hydrogen) atoms. The zero-order valence-electron chi connectivity index (χ0n) is 10.2. The van der Waals surface area contributed by atoms with E-state index in [1.807, 2.05) is 6.92 Å². The van der Waals surface area contributed by atoms with Crippen LogP contribution in [0.15, 0.2) is 18.2 Å². The SMILES string of the molecule is Cc1ccc(CN(C)CC(C)C)cc1N. The Balaban J connectivity index is 2.60. The molecule has 0 saturated carbocycles. The highest BCUT2D eigenvalue weighted by Crippen LogP contribution is 2.14. The summed E-state index contributed by atoms with van der Waals surface area (Å²) < 4.78 is 0.